The first-order chi connectivity index (χ1) is 23.0. The van der Waals surface area contributed by atoms with E-state index in [9.17, 15) is 0 Å². The fourth-order valence-corrected chi connectivity index (χ4v) is 11.3. The Hall–Kier alpha value is -4.81. The summed E-state index contributed by atoms with van der Waals surface area (Å²) in [6.07, 6.45) is 5.72. The number of fused-ring (bicyclic) bond motifs is 11. The quantitative estimate of drug-likeness (QED) is 0.101. The Morgan fingerprint density at radius 3 is 2.44 bits per heavy atom. The summed E-state index contributed by atoms with van der Waals surface area (Å²) in [5.74, 6) is 2.20. The van der Waals surface area contributed by atoms with E-state index in [-0.39, 0.29) is 21.1 Å². The molecular formula is C40H26N4OPtSSi. The number of ether oxygens (including phenoxy) is 1. The van der Waals surface area contributed by atoms with E-state index >= 15 is 0 Å². The van der Waals surface area contributed by atoms with Gasteiger partial charge < -0.3 is 14.0 Å². The summed E-state index contributed by atoms with van der Waals surface area (Å²) in [6.45, 7) is 4.87. The van der Waals surface area contributed by atoms with Gasteiger partial charge in [-0.15, -0.1) is 41.7 Å². The predicted molar refractivity (Wildman–Crippen MR) is 197 cm³/mol. The van der Waals surface area contributed by atoms with E-state index in [1.54, 1.807) is 0 Å². The number of benzene rings is 5. The zero-order chi connectivity index (χ0) is 31.3. The van der Waals surface area contributed by atoms with E-state index < -0.39 is 8.07 Å². The largest absolute Gasteiger partial charge is 2.00 e. The second-order valence-electron chi connectivity index (χ2n) is 12.6. The third-order valence-corrected chi connectivity index (χ3v) is 14.1. The molecule has 9 aromatic rings. The van der Waals surface area contributed by atoms with Crippen molar-refractivity contribution >= 4 is 94.5 Å². The van der Waals surface area contributed by atoms with Crippen LogP contribution in [0.3, 0.4) is 0 Å². The van der Waals surface area contributed by atoms with Gasteiger partial charge in [-0.25, -0.2) is 4.98 Å². The fourth-order valence-electron chi connectivity index (χ4n) is 7.29. The van der Waals surface area contributed by atoms with Gasteiger partial charge in [0.25, 0.3) is 0 Å². The van der Waals surface area contributed by atoms with Gasteiger partial charge in [-0.3, -0.25) is 4.98 Å². The molecule has 0 amide bonds. The molecule has 232 valence electrons. The number of anilines is 3. The molecule has 0 N–H and O–H groups in total. The van der Waals surface area contributed by atoms with Crippen LogP contribution < -0.4 is 20.0 Å². The van der Waals surface area contributed by atoms with Gasteiger partial charge in [-0.1, -0.05) is 84.2 Å². The van der Waals surface area contributed by atoms with Crippen molar-refractivity contribution < 1.29 is 25.8 Å². The van der Waals surface area contributed by atoms with Crippen LogP contribution in [0.5, 0.6) is 11.5 Å². The van der Waals surface area contributed by atoms with Gasteiger partial charge in [0.05, 0.1) is 5.65 Å². The molecule has 0 saturated carbocycles. The van der Waals surface area contributed by atoms with Crippen molar-refractivity contribution in [2.24, 2.45) is 0 Å². The van der Waals surface area contributed by atoms with Crippen molar-refractivity contribution in [2.75, 3.05) is 4.90 Å². The molecule has 4 aromatic heterocycles. The van der Waals surface area contributed by atoms with Gasteiger partial charge in [0.1, 0.15) is 13.9 Å². The number of rotatable bonds is 3. The van der Waals surface area contributed by atoms with Crippen LogP contribution in [0.15, 0.2) is 122 Å². The zero-order valence-electron chi connectivity index (χ0n) is 26.0. The molecule has 0 unspecified atom stereocenters. The van der Waals surface area contributed by atoms with Gasteiger partial charge in [0, 0.05) is 61.5 Å². The van der Waals surface area contributed by atoms with Crippen LogP contribution in [0.4, 0.5) is 17.2 Å². The Morgan fingerprint density at radius 1 is 0.688 bits per heavy atom. The molecule has 0 saturated heterocycles. The van der Waals surface area contributed by atoms with Crippen molar-refractivity contribution in [3.8, 4) is 11.5 Å². The second-order valence-corrected chi connectivity index (χ2v) is 18.0. The fraction of sp³-hybridized carbons (Fsp3) is 0.0500. The molecular weight excluding hydrogens is 808 g/mol. The molecule has 0 aliphatic carbocycles. The summed E-state index contributed by atoms with van der Waals surface area (Å²) in [5.41, 5.74) is 4.03. The molecule has 5 heterocycles. The summed E-state index contributed by atoms with van der Waals surface area (Å²) in [7, 11) is -2.08. The van der Waals surface area contributed by atoms with Crippen LogP contribution in [0.1, 0.15) is 0 Å². The van der Waals surface area contributed by atoms with Crippen LogP contribution >= 0.6 is 11.3 Å². The van der Waals surface area contributed by atoms with E-state index in [1.807, 2.05) is 48.1 Å². The Balaban J connectivity index is 0.00000314. The van der Waals surface area contributed by atoms with E-state index in [0.29, 0.717) is 11.5 Å². The molecule has 1 aliphatic heterocycles. The molecule has 10 rings (SSSR count). The predicted octanol–water partition coefficient (Wildman–Crippen LogP) is 9.40. The first kappa shape index (κ1) is 29.3. The molecule has 0 fully saturated rings. The molecule has 8 heteroatoms. The van der Waals surface area contributed by atoms with Crippen LogP contribution in [0.2, 0.25) is 13.1 Å². The molecule has 0 spiro atoms. The summed E-state index contributed by atoms with van der Waals surface area (Å²) in [4.78, 5) is 11.9. The number of nitrogens with zero attached hydrogens (tertiary/aromatic N) is 4. The summed E-state index contributed by atoms with van der Waals surface area (Å²) < 4.78 is 11.2. The summed E-state index contributed by atoms with van der Waals surface area (Å²) >= 11 is 1.84. The van der Waals surface area contributed by atoms with Crippen LogP contribution in [0.25, 0.3) is 47.5 Å². The molecule has 0 bridgehead atoms. The maximum absolute atomic E-state index is 6.50. The molecule has 0 atom stereocenters. The van der Waals surface area contributed by atoms with E-state index in [1.165, 1.54) is 36.2 Å². The molecule has 1 aliphatic rings. The molecule has 5 nitrogen and oxygen atoms in total. The zero-order valence-corrected chi connectivity index (χ0v) is 30.1. The number of imidazole rings is 1. The summed E-state index contributed by atoms with van der Waals surface area (Å²) in [5, 5.41) is 8.51. The minimum Gasteiger partial charge on any atom is -0.503 e. The number of aromatic nitrogens is 3. The maximum atomic E-state index is 6.50. The Labute approximate surface area is 296 Å². The van der Waals surface area contributed by atoms with Crippen LogP contribution in [0, 0.1) is 12.1 Å². The van der Waals surface area contributed by atoms with E-state index in [4.69, 9.17) is 9.72 Å². The first-order valence-corrected chi connectivity index (χ1v) is 19.5. The minimum absolute atomic E-state index is 0. The number of thiophene rings is 1. The van der Waals surface area contributed by atoms with Crippen molar-refractivity contribution in [1.82, 2.24) is 14.4 Å². The Kier molecular flexibility index (Phi) is 6.63. The van der Waals surface area contributed by atoms with Gasteiger partial charge in [0.2, 0.25) is 0 Å². The number of para-hydroxylation sites is 1. The van der Waals surface area contributed by atoms with Gasteiger partial charge in [-0.2, -0.15) is 6.07 Å². The van der Waals surface area contributed by atoms with E-state index in [2.05, 4.69) is 124 Å². The van der Waals surface area contributed by atoms with Crippen molar-refractivity contribution in [3.63, 3.8) is 0 Å². The van der Waals surface area contributed by atoms with Gasteiger partial charge in [-0.05, 0) is 40.0 Å². The summed E-state index contributed by atoms with van der Waals surface area (Å²) in [6, 6.07) is 43.5. The maximum Gasteiger partial charge on any atom is 2.00 e. The van der Waals surface area contributed by atoms with Gasteiger partial charge >= 0.3 is 21.1 Å². The van der Waals surface area contributed by atoms with Crippen molar-refractivity contribution in [3.05, 3.63) is 134 Å². The van der Waals surface area contributed by atoms with Crippen molar-refractivity contribution in [1.29, 1.82) is 0 Å². The molecule has 48 heavy (non-hydrogen) atoms. The van der Waals surface area contributed by atoms with Crippen LogP contribution in [-0.2, 0) is 21.1 Å². The molecule has 5 aromatic carbocycles. The number of pyridine rings is 2. The monoisotopic (exact) mass is 833 g/mol. The third-order valence-electron chi connectivity index (χ3n) is 9.53. The third kappa shape index (κ3) is 4.24. The average molecular weight is 834 g/mol. The number of hydrogen-bond acceptors (Lipinski definition) is 5. The normalized spacial score (nSPS) is 13.6. The van der Waals surface area contributed by atoms with Gasteiger partial charge in [0.15, 0.2) is 0 Å². The second kappa shape index (κ2) is 10.9. The first-order valence-electron chi connectivity index (χ1n) is 15.7. The topological polar surface area (TPSA) is 42.7 Å². The van der Waals surface area contributed by atoms with Crippen molar-refractivity contribution in [2.45, 2.75) is 13.1 Å². The van der Waals surface area contributed by atoms with E-state index in [0.717, 1.165) is 38.8 Å². The average Bonchev–Trinajstić information content (AvgIpc) is 3.74. The smallest absolute Gasteiger partial charge is 0.503 e. The van der Waals surface area contributed by atoms with Crippen LogP contribution in [-0.4, -0.2) is 22.4 Å². The standard InChI is InChI=1S/C40H26N4OSSi.Pt/c1-47(2)37-15-8-18-41-40(37)44(34-24-36-31(23-38(34)47)30-12-4-6-14-35(30)46-36)25-9-7-10-26(21-25)45-27-16-17-28-29-11-3-5-13-33(29)43-20-19-42-39(43)32(28)22-27;/h3-20,23-24H,1-2H3;/q-2;+2. The Morgan fingerprint density at radius 2 is 1.52 bits per heavy atom. The minimum atomic E-state index is -2.08. The molecule has 0 radical (unpaired) electrons. The SMILES string of the molecule is C[Si]1(C)c2cc3c(cc2N(c2[c-]c(Oc4[c-]c5c(cc4)c4ccccc4n4ccnc54)ccc2)c2ncccc21)sc1ccccc13.[Pt+2]. The number of hydrogen-bond donors (Lipinski definition) is 0. The Bertz CT molecular complexity index is 2740.